The zero-order valence-electron chi connectivity index (χ0n) is 10.7. The Bertz CT molecular complexity index is 382. The molecule has 92 valence electrons. The van der Waals surface area contributed by atoms with Gasteiger partial charge in [-0.05, 0) is 54.9 Å². The van der Waals surface area contributed by atoms with Gasteiger partial charge in [-0.25, -0.2) is 0 Å². The Kier molecular flexibility index (Phi) is 2.74. The standard InChI is InChI=1S/C16H23N/c1-2-16(11-12-6-4-3-5-7-12)14-9-8-13(10-14)15(16)17/h3-7,13-15H,2,8-11,17H2,1H3/t13-,14+,15-,16+/m0/s1. The summed E-state index contributed by atoms with van der Waals surface area (Å²) in [6.45, 7) is 2.34. The van der Waals surface area contributed by atoms with Crippen LogP contribution in [0.4, 0.5) is 0 Å². The van der Waals surface area contributed by atoms with Crippen molar-refractivity contribution >= 4 is 0 Å². The van der Waals surface area contributed by atoms with E-state index in [0.29, 0.717) is 11.5 Å². The van der Waals surface area contributed by atoms with Gasteiger partial charge in [0.05, 0.1) is 0 Å². The molecule has 2 saturated carbocycles. The number of benzene rings is 1. The first-order chi connectivity index (χ1) is 8.26. The van der Waals surface area contributed by atoms with E-state index in [1.165, 1.54) is 37.7 Å². The Labute approximate surface area is 104 Å². The predicted molar refractivity (Wildman–Crippen MR) is 71.7 cm³/mol. The minimum Gasteiger partial charge on any atom is -0.327 e. The summed E-state index contributed by atoms with van der Waals surface area (Å²) in [6.07, 6.45) is 6.61. The zero-order chi connectivity index (χ0) is 11.9. The van der Waals surface area contributed by atoms with Crippen LogP contribution in [-0.2, 0) is 6.42 Å². The molecular weight excluding hydrogens is 206 g/mol. The van der Waals surface area contributed by atoms with Crippen LogP contribution in [0.2, 0.25) is 0 Å². The average Bonchev–Trinajstić information content (AvgIpc) is 2.94. The maximum Gasteiger partial charge on any atom is 0.0130 e. The highest BCUT2D eigenvalue weighted by Crippen LogP contribution is 2.58. The lowest BCUT2D eigenvalue weighted by molar-refractivity contribution is 0.124. The van der Waals surface area contributed by atoms with Gasteiger partial charge in [0.1, 0.15) is 0 Å². The molecule has 0 aliphatic heterocycles. The van der Waals surface area contributed by atoms with E-state index in [1.807, 2.05) is 0 Å². The van der Waals surface area contributed by atoms with Crippen molar-refractivity contribution in [3.8, 4) is 0 Å². The monoisotopic (exact) mass is 229 g/mol. The maximum absolute atomic E-state index is 6.56. The van der Waals surface area contributed by atoms with Crippen molar-refractivity contribution in [2.75, 3.05) is 0 Å². The van der Waals surface area contributed by atoms with Crippen molar-refractivity contribution in [3.05, 3.63) is 35.9 Å². The molecule has 2 N–H and O–H groups in total. The predicted octanol–water partition coefficient (Wildman–Crippen LogP) is 3.38. The van der Waals surface area contributed by atoms with Crippen molar-refractivity contribution in [1.29, 1.82) is 0 Å². The van der Waals surface area contributed by atoms with E-state index in [2.05, 4.69) is 37.3 Å². The summed E-state index contributed by atoms with van der Waals surface area (Å²) in [7, 11) is 0. The first-order valence-corrected chi connectivity index (χ1v) is 7.06. The third-order valence-corrected chi connectivity index (χ3v) is 5.49. The number of hydrogen-bond acceptors (Lipinski definition) is 1. The molecule has 2 aliphatic carbocycles. The second-order valence-corrected chi connectivity index (χ2v) is 6.04. The fourth-order valence-corrected chi connectivity index (χ4v) is 4.49. The summed E-state index contributed by atoms with van der Waals surface area (Å²) in [5, 5.41) is 0. The van der Waals surface area contributed by atoms with Crippen molar-refractivity contribution in [1.82, 2.24) is 0 Å². The molecule has 17 heavy (non-hydrogen) atoms. The third kappa shape index (κ3) is 1.63. The number of hydrogen-bond donors (Lipinski definition) is 1. The minimum atomic E-state index is 0.393. The molecule has 0 radical (unpaired) electrons. The molecular formula is C16H23N. The summed E-state index contributed by atoms with van der Waals surface area (Å²) in [5.41, 5.74) is 8.42. The molecule has 1 heteroatoms. The van der Waals surface area contributed by atoms with Crippen LogP contribution in [0.1, 0.15) is 38.2 Å². The lowest BCUT2D eigenvalue weighted by Crippen LogP contribution is -2.47. The summed E-state index contributed by atoms with van der Waals surface area (Å²) in [6, 6.07) is 11.4. The van der Waals surface area contributed by atoms with Crippen molar-refractivity contribution in [2.24, 2.45) is 23.0 Å². The molecule has 0 heterocycles. The van der Waals surface area contributed by atoms with Gasteiger partial charge in [0, 0.05) is 6.04 Å². The van der Waals surface area contributed by atoms with E-state index in [0.717, 1.165) is 11.8 Å². The van der Waals surface area contributed by atoms with E-state index < -0.39 is 0 Å². The molecule has 0 amide bonds. The second-order valence-electron chi connectivity index (χ2n) is 6.04. The van der Waals surface area contributed by atoms with Crippen LogP contribution in [0, 0.1) is 17.3 Å². The van der Waals surface area contributed by atoms with Gasteiger partial charge in [-0.3, -0.25) is 0 Å². The lowest BCUT2D eigenvalue weighted by Gasteiger charge is -2.42. The lowest BCUT2D eigenvalue weighted by atomic mass is 9.65. The van der Waals surface area contributed by atoms with Gasteiger partial charge in [0.25, 0.3) is 0 Å². The minimum absolute atomic E-state index is 0.393. The molecule has 4 atom stereocenters. The van der Waals surface area contributed by atoms with Crippen LogP contribution in [0.5, 0.6) is 0 Å². The average molecular weight is 229 g/mol. The second kappa shape index (κ2) is 4.13. The molecule has 2 fully saturated rings. The fraction of sp³-hybridized carbons (Fsp3) is 0.625. The molecule has 3 rings (SSSR count). The molecule has 1 nitrogen and oxygen atoms in total. The smallest absolute Gasteiger partial charge is 0.0130 e. The van der Waals surface area contributed by atoms with Gasteiger partial charge in [0.2, 0.25) is 0 Å². The number of nitrogens with two attached hydrogens (primary N) is 1. The van der Waals surface area contributed by atoms with E-state index in [1.54, 1.807) is 0 Å². The largest absolute Gasteiger partial charge is 0.327 e. The highest BCUT2D eigenvalue weighted by Gasteiger charge is 2.55. The Balaban J connectivity index is 1.88. The van der Waals surface area contributed by atoms with E-state index >= 15 is 0 Å². The van der Waals surface area contributed by atoms with Gasteiger partial charge in [0.15, 0.2) is 0 Å². The number of rotatable bonds is 3. The highest BCUT2D eigenvalue weighted by atomic mass is 14.8. The summed E-state index contributed by atoms with van der Waals surface area (Å²) < 4.78 is 0. The first-order valence-electron chi connectivity index (χ1n) is 7.06. The van der Waals surface area contributed by atoms with Crippen LogP contribution >= 0.6 is 0 Å². The molecule has 0 spiro atoms. The Hall–Kier alpha value is -0.820. The third-order valence-electron chi connectivity index (χ3n) is 5.49. The molecule has 2 bridgehead atoms. The summed E-state index contributed by atoms with van der Waals surface area (Å²) in [5.74, 6) is 1.69. The van der Waals surface area contributed by atoms with Crippen LogP contribution < -0.4 is 5.73 Å². The fourth-order valence-electron chi connectivity index (χ4n) is 4.49. The van der Waals surface area contributed by atoms with Gasteiger partial charge >= 0.3 is 0 Å². The van der Waals surface area contributed by atoms with E-state index in [9.17, 15) is 0 Å². The van der Waals surface area contributed by atoms with Crippen LogP contribution in [0.3, 0.4) is 0 Å². The summed E-state index contributed by atoms with van der Waals surface area (Å²) >= 11 is 0. The van der Waals surface area contributed by atoms with Gasteiger partial charge in [-0.1, -0.05) is 37.3 Å². The molecule has 0 saturated heterocycles. The Morgan fingerprint density at radius 1 is 1.24 bits per heavy atom. The molecule has 2 aliphatic rings. The maximum atomic E-state index is 6.56. The van der Waals surface area contributed by atoms with Gasteiger partial charge < -0.3 is 5.73 Å². The Morgan fingerprint density at radius 2 is 2.00 bits per heavy atom. The topological polar surface area (TPSA) is 26.0 Å². The quantitative estimate of drug-likeness (QED) is 0.845. The Morgan fingerprint density at radius 3 is 2.59 bits per heavy atom. The van der Waals surface area contributed by atoms with Crippen LogP contribution in [0.15, 0.2) is 30.3 Å². The number of fused-ring (bicyclic) bond motifs is 2. The van der Waals surface area contributed by atoms with Crippen LogP contribution in [-0.4, -0.2) is 6.04 Å². The highest BCUT2D eigenvalue weighted by molar-refractivity contribution is 5.20. The molecule has 1 aromatic carbocycles. The zero-order valence-corrected chi connectivity index (χ0v) is 10.7. The van der Waals surface area contributed by atoms with Gasteiger partial charge in [-0.15, -0.1) is 0 Å². The first kappa shape index (κ1) is 11.3. The van der Waals surface area contributed by atoms with Crippen molar-refractivity contribution in [3.63, 3.8) is 0 Å². The SMILES string of the molecule is CC[C@@]1(Cc2ccccc2)[C@@H]2CC[C@@H](C2)[C@@H]1N. The summed E-state index contributed by atoms with van der Waals surface area (Å²) in [4.78, 5) is 0. The molecule has 0 aromatic heterocycles. The van der Waals surface area contributed by atoms with Crippen molar-refractivity contribution < 1.29 is 0 Å². The van der Waals surface area contributed by atoms with Crippen molar-refractivity contribution in [2.45, 2.75) is 45.1 Å². The normalized spacial score (nSPS) is 39.8. The molecule has 1 aromatic rings. The van der Waals surface area contributed by atoms with Gasteiger partial charge in [-0.2, -0.15) is 0 Å². The molecule has 0 unspecified atom stereocenters. The van der Waals surface area contributed by atoms with E-state index in [-0.39, 0.29) is 0 Å². The van der Waals surface area contributed by atoms with E-state index in [4.69, 9.17) is 5.73 Å². The van der Waals surface area contributed by atoms with Crippen LogP contribution in [0.25, 0.3) is 0 Å².